The number of aryl methyl sites for hydroxylation is 1. The average Bonchev–Trinajstić information content (AvgIpc) is 2.58. The summed E-state index contributed by atoms with van der Waals surface area (Å²) < 4.78 is 5.25. The van der Waals surface area contributed by atoms with Crippen molar-refractivity contribution in [3.8, 4) is 0 Å². The molecule has 3 nitrogen and oxygen atoms in total. The minimum atomic E-state index is -0.121. The Bertz CT molecular complexity index is 328. The number of ether oxygens (including phenoxy) is 1. The van der Waals surface area contributed by atoms with Crippen LogP contribution in [-0.2, 0) is 4.74 Å². The Labute approximate surface area is 94.1 Å². The molecule has 84 valence electrons. The minimum Gasteiger partial charge on any atom is -0.396 e. The van der Waals surface area contributed by atoms with Gasteiger partial charge in [-0.25, -0.2) is 0 Å². The van der Waals surface area contributed by atoms with Gasteiger partial charge in [0.25, 0.3) is 0 Å². The standard InChI is InChI=1S/C11H17NO2S/c1-8-3-4-15-9(8)10(12-2)11(5-13)6-14-7-11/h3-4,10,12-13H,5-7H2,1-2H3. The summed E-state index contributed by atoms with van der Waals surface area (Å²) >= 11 is 1.74. The summed E-state index contributed by atoms with van der Waals surface area (Å²) in [6.45, 7) is 3.58. The minimum absolute atomic E-state index is 0.121. The van der Waals surface area contributed by atoms with Crippen molar-refractivity contribution in [1.82, 2.24) is 5.32 Å². The van der Waals surface area contributed by atoms with E-state index in [-0.39, 0.29) is 18.1 Å². The number of hydrogen-bond donors (Lipinski definition) is 2. The summed E-state index contributed by atoms with van der Waals surface area (Å²) in [5, 5.41) is 14.9. The second-order valence-electron chi connectivity index (χ2n) is 4.20. The molecule has 1 aromatic rings. The molecule has 15 heavy (non-hydrogen) atoms. The second kappa shape index (κ2) is 4.22. The summed E-state index contributed by atoms with van der Waals surface area (Å²) in [4.78, 5) is 1.31. The monoisotopic (exact) mass is 227 g/mol. The molecule has 1 aromatic heterocycles. The fourth-order valence-corrected chi connectivity index (χ4v) is 3.29. The van der Waals surface area contributed by atoms with Crippen LogP contribution < -0.4 is 5.32 Å². The van der Waals surface area contributed by atoms with E-state index in [9.17, 15) is 5.11 Å². The van der Waals surface area contributed by atoms with Crippen molar-refractivity contribution in [2.24, 2.45) is 5.41 Å². The van der Waals surface area contributed by atoms with Crippen molar-refractivity contribution in [2.75, 3.05) is 26.9 Å². The molecule has 0 aromatic carbocycles. The van der Waals surface area contributed by atoms with Crippen LogP contribution >= 0.6 is 11.3 Å². The van der Waals surface area contributed by atoms with E-state index in [1.54, 1.807) is 11.3 Å². The van der Waals surface area contributed by atoms with Crippen molar-refractivity contribution in [2.45, 2.75) is 13.0 Å². The van der Waals surface area contributed by atoms with Crippen molar-refractivity contribution >= 4 is 11.3 Å². The van der Waals surface area contributed by atoms with Gasteiger partial charge in [-0.05, 0) is 31.0 Å². The second-order valence-corrected chi connectivity index (χ2v) is 5.15. The quantitative estimate of drug-likeness (QED) is 0.815. The first-order valence-electron chi connectivity index (χ1n) is 5.13. The van der Waals surface area contributed by atoms with Gasteiger partial charge >= 0.3 is 0 Å². The molecule has 2 heterocycles. The Hall–Kier alpha value is -0.420. The highest BCUT2D eigenvalue weighted by atomic mass is 32.1. The van der Waals surface area contributed by atoms with Crippen LogP contribution in [0.15, 0.2) is 11.4 Å². The van der Waals surface area contributed by atoms with Gasteiger partial charge in [-0.3, -0.25) is 0 Å². The van der Waals surface area contributed by atoms with E-state index in [1.807, 2.05) is 7.05 Å². The molecule has 1 aliphatic rings. The smallest absolute Gasteiger partial charge is 0.0604 e. The van der Waals surface area contributed by atoms with Gasteiger partial charge < -0.3 is 15.2 Å². The molecule has 1 saturated heterocycles. The highest BCUT2D eigenvalue weighted by Crippen LogP contribution is 2.42. The topological polar surface area (TPSA) is 41.5 Å². The van der Waals surface area contributed by atoms with E-state index in [4.69, 9.17) is 4.74 Å². The number of nitrogens with one attached hydrogen (secondary N) is 1. The van der Waals surface area contributed by atoms with Gasteiger partial charge in [0.2, 0.25) is 0 Å². The maximum Gasteiger partial charge on any atom is 0.0604 e. The molecule has 2 rings (SSSR count). The fraction of sp³-hybridized carbons (Fsp3) is 0.636. The zero-order valence-corrected chi connectivity index (χ0v) is 9.93. The number of rotatable bonds is 4. The van der Waals surface area contributed by atoms with Gasteiger partial charge in [-0.15, -0.1) is 11.3 Å². The third kappa shape index (κ3) is 1.72. The molecule has 1 aliphatic heterocycles. The van der Waals surface area contributed by atoms with Crippen molar-refractivity contribution in [3.63, 3.8) is 0 Å². The van der Waals surface area contributed by atoms with E-state index in [0.717, 1.165) is 0 Å². The largest absolute Gasteiger partial charge is 0.396 e. The number of aliphatic hydroxyl groups is 1. The molecular weight excluding hydrogens is 210 g/mol. The lowest BCUT2D eigenvalue weighted by Gasteiger charge is -2.45. The van der Waals surface area contributed by atoms with Crippen LogP contribution in [0.25, 0.3) is 0 Å². The molecule has 0 bridgehead atoms. The lowest BCUT2D eigenvalue weighted by Crippen LogP contribution is -2.53. The van der Waals surface area contributed by atoms with E-state index in [1.165, 1.54) is 10.4 Å². The molecular formula is C11H17NO2S. The van der Waals surface area contributed by atoms with Crippen molar-refractivity contribution in [3.05, 3.63) is 21.9 Å². The molecule has 4 heteroatoms. The molecule has 0 saturated carbocycles. The predicted molar refractivity (Wildman–Crippen MR) is 61.2 cm³/mol. The third-order valence-electron chi connectivity index (χ3n) is 3.16. The lowest BCUT2D eigenvalue weighted by molar-refractivity contribution is -0.155. The van der Waals surface area contributed by atoms with E-state index in [0.29, 0.717) is 13.2 Å². The van der Waals surface area contributed by atoms with Crippen LogP contribution in [-0.4, -0.2) is 32.0 Å². The molecule has 1 atom stereocenters. The first-order chi connectivity index (χ1) is 7.23. The molecule has 1 fully saturated rings. The number of hydrogen-bond acceptors (Lipinski definition) is 4. The summed E-state index contributed by atoms with van der Waals surface area (Å²) in [6.07, 6.45) is 0. The van der Waals surface area contributed by atoms with Gasteiger partial charge in [0, 0.05) is 4.88 Å². The molecule has 1 unspecified atom stereocenters. The molecule has 0 amide bonds. The Morgan fingerprint density at radius 3 is 2.73 bits per heavy atom. The van der Waals surface area contributed by atoms with E-state index >= 15 is 0 Å². The highest BCUT2D eigenvalue weighted by molar-refractivity contribution is 7.10. The lowest BCUT2D eigenvalue weighted by atomic mass is 9.77. The van der Waals surface area contributed by atoms with Crippen LogP contribution in [0.1, 0.15) is 16.5 Å². The highest BCUT2D eigenvalue weighted by Gasteiger charge is 2.46. The summed E-state index contributed by atoms with van der Waals surface area (Å²) in [7, 11) is 1.94. The Morgan fingerprint density at radius 2 is 2.40 bits per heavy atom. The first-order valence-corrected chi connectivity index (χ1v) is 6.01. The first kappa shape index (κ1) is 11.1. The Morgan fingerprint density at radius 1 is 1.67 bits per heavy atom. The van der Waals surface area contributed by atoms with Gasteiger partial charge in [0.05, 0.1) is 31.3 Å². The summed E-state index contributed by atoms with van der Waals surface area (Å²) in [5.74, 6) is 0. The Kier molecular flexibility index (Phi) is 3.11. The zero-order valence-electron chi connectivity index (χ0n) is 9.12. The predicted octanol–water partition coefficient (Wildman–Crippen LogP) is 1.33. The number of aliphatic hydroxyl groups excluding tert-OH is 1. The van der Waals surface area contributed by atoms with Gasteiger partial charge in [-0.2, -0.15) is 0 Å². The maximum absolute atomic E-state index is 9.51. The molecule has 0 spiro atoms. The van der Waals surface area contributed by atoms with Crippen LogP contribution in [0.4, 0.5) is 0 Å². The summed E-state index contributed by atoms with van der Waals surface area (Å²) in [6, 6.07) is 2.32. The molecule has 0 aliphatic carbocycles. The van der Waals surface area contributed by atoms with Crippen LogP contribution in [0, 0.1) is 12.3 Å². The van der Waals surface area contributed by atoms with E-state index in [2.05, 4.69) is 23.7 Å². The summed E-state index contributed by atoms with van der Waals surface area (Å²) in [5.41, 5.74) is 1.17. The SMILES string of the molecule is CNC(c1sccc1C)C1(CO)COC1. The average molecular weight is 227 g/mol. The Balaban J connectivity index is 2.27. The van der Waals surface area contributed by atoms with Crippen LogP contribution in [0.5, 0.6) is 0 Å². The van der Waals surface area contributed by atoms with Crippen LogP contribution in [0.2, 0.25) is 0 Å². The van der Waals surface area contributed by atoms with Crippen LogP contribution in [0.3, 0.4) is 0 Å². The number of thiophene rings is 1. The van der Waals surface area contributed by atoms with Crippen molar-refractivity contribution in [1.29, 1.82) is 0 Å². The van der Waals surface area contributed by atoms with E-state index < -0.39 is 0 Å². The van der Waals surface area contributed by atoms with Gasteiger partial charge in [0.15, 0.2) is 0 Å². The molecule has 0 radical (unpaired) electrons. The maximum atomic E-state index is 9.51. The third-order valence-corrected chi connectivity index (χ3v) is 4.24. The van der Waals surface area contributed by atoms with Gasteiger partial charge in [0.1, 0.15) is 0 Å². The zero-order chi connectivity index (χ0) is 10.9. The fourth-order valence-electron chi connectivity index (χ4n) is 2.11. The van der Waals surface area contributed by atoms with Crippen molar-refractivity contribution < 1.29 is 9.84 Å². The normalized spacial score (nSPS) is 21.0. The van der Waals surface area contributed by atoms with Gasteiger partial charge in [-0.1, -0.05) is 0 Å². The molecule has 2 N–H and O–H groups in total.